The molecule has 2 nitrogen and oxygen atoms in total. The number of hydrogen-bond acceptors (Lipinski definition) is 2. The van der Waals surface area contributed by atoms with Gasteiger partial charge in [-0.2, -0.15) is 0 Å². The Morgan fingerprint density at radius 3 is 2.22 bits per heavy atom. The summed E-state index contributed by atoms with van der Waals surface area (Å²) in [5, 5.41) is 0. The lowest BCUT2D eigenvalue weighted by Crippen LogP contribution is -2.15. The van der Waals surface area contributed by atoms with Crippen molar-refractivity contribution >= 4 is 5.97 Å². The zero-order valence-corrected chi connectivity index (χ0v) is 20.4. The summed E-state index contributed by atoms with van der Waals surface area (Å²) in [7, 11) is 0. The van der Waals surface area contributed by atoms with E-state index < -0.39 is 0 Å². The van der Waals surface area contributed by atoms with Gasteiger partial charge in [0.15, 0.2) is 0 Å². The third kappa shape index (κ3) is 7.50. The van der Waals surface area contributed by atoms with Gasteiger partial charge in [-0.15, -0.1) is 0 Å². The second-order valence-electron chi connectivity index (χ2n) is 9.93. The van der Waals surface area contributed by atoms with E-state index in [1.54, 1.807) is 0 Å². The number of carbonyl (C=O) groups is 1. The summed E-state index contributed by atoms with van der Waals surface area (Å²) < 4.78 is 5.63. The van der Waals surface area contributed by atoms with Crippen LogP contribution < -0.4 is 4.74 Å². The highest BCUT2D eigenvalue weighted by Gasteiger charge is 2.23. The van der Waals surface area contributed by atoms with Gasteiger partial charge < -0.3 is 4.74 Å². The Bertz CT molecular complexity index is 798. The van der Waals surface area contributed by atoms with Gasteiger partial charge in [-0.05, 0) is 98.1 Å². The Morgan fingerprint density at radius 2 is 1.59 bits per heavy atom. The molecule has 0 radical (unpaired) electrons. The fraction of sp³-hybridized carbons (Fsp3) is 0.567. The van der Waals surface area contributed by atoms with Crippen LogP contribution in [0.25, 0.3) is 0 Å². The van der Waals surface area contributed by atoms with Crippen molar-refractivity contribution in [1.29, 1.82) is 0 Å². The summed E-state index contributed by atoms with van der Waals surface area (Å²) in [6, 6.07) is 16.1. The highest BCUT2D eigenvalue weighted by molar-refractivity contribution is 5.91. The van der Waals surface area contributed by atoms with Crippen molar-refractivity contribution in [2.75, 3.05) is 0 Å². The van der Waals surface area contributed by atoms with E-state index in [1.165, 1.54) is 75.3 Å². The van der Waals surface area contributed by atoms with Crippen LogP contribution in [0.4, 0.5) is 0 Å². The Kier molecular flexibility index (Phi) is 9.84. The lowest BCUT2D eigenvalue weighted by molar-refractivity contribution is 0.0734. The van der Waals surface area contributed by atoms with Gasteiger partial charge in [-0.3, -0.25) is 0 Å². The molecule has 0 bridgehead atoms. The fourth-order valence-electron chi connectivity index (χ4n) is 5.00. The first-order valence-corrected chi connectivity index (χ1v) is 13.0. The molecule has 1 unspecified atom stereocenters. The molecule has 1 aliphatic rings. The summed E-state index contributed by atoms with van der Waals surface area (Å²) in [6.45, 7) is 6.91. The average molecular weight is 435 g/mol. The summed E-state index contributed by atoms with van der Waals surface area (Å²) in [5.41, 5.74) is 3.30. The van der Waals surface area contributed by atoms with Crippen molar-refractivity contribution in [2.45, 2.75) is 97.3 Å². The fourth-order valence-corrected chi connectivity index (χ4v) is 5.00. The van der Waals surface area contributed by atoms with Crippen molar-refractivity contribution in [3.05, 3.63) is 65.2 Å². The second-order valence-corrected chi connectivity index (χ2v) is 9.93. The Morgan fingerprint density at radius 1 is 0.906 bits per heavy atom. The molecule has 174 valence electrons. The molecule has 0 aromatic heterocycles. The molecule has 2 heteroatoms. The molecular weight excluding hydrogens is 392 g/mol. The average Bonchev–Trinajstić information content (AvgIpc) is 2.83. The quantitative estimate of drug-likeness (QED) is 0.201. The summed E-state index contributed by atoms with van der Waals surface area (Å²) >= 11 is 0. The van der Waals surface area contributed by atoms with Crippen molar-refractivity contribution < 1.29 is 9.53 Å². The number of hydrogen-bond donors (Lipinski definition) is 0. The van der Waals surface area contributed by atoms with Gasteiger partial charge >= 0.3 is 5.97 Å². The van der Waals surface area contributed by atoms with Crippen LogP contribution in [-0.4, -0.2) is 5.97 Å². The van der Waals surface area contributed by atoms with Gasteiger partial charge in [0.05, 0.1) is 5.56 Å². The van der Waals surface area contributed by atoms with Crippen LogP contribution in [0.15, 0.2) is 48.5 Å². The molecule has 0 N–H and O–H groups in total. The maximum atomic E-state index is 12.5. The first kappa shape index (κ1) is 24.6. The van der Waals surface area contributed by atoms with Crippen molar-refractivity contribution in [3.8, 4) is 5.75 Å². The maximum absolute atomic E-state index is 12.5. The molecule has 1 atom stereocenters. The third-order valence-corrected chi connectivity index (χ3v) is 7.35. The highest BCUT2D eigenvalue weighted by atomic mass is 16.5. The van der Waals surface area contributed by atoms with E-state index >= 15 is 0 Å². The summed E-state index contributed by atoms with van der Waals surface area (Å²) in [4.78, 5) is 12.5. The van der Waals surface area contributed by atoms with Crippen LogP contribution in [0.2, 0.25) is 0 Å². The van der Waals surface area contributed by atoms with E-state index in [0.717, 1.165) is 18.3 Å². The van der Waals surface area contributed by atoms with Crippen LogP contribution in [0.3, 0.4) is 0 Å². The van der Waals surface area contributed by atoms with Crippen molar-refractivity contribution in [1.82, 2.24) is 0 Å². The standard InChI is InChI=1S/C30H42O2/c1-4-6-7-8-9-24-10-16-28(17-11-24)30(31)32-29-20-18-27(19-21-29)26-14-12-25(13-15-26)22-23(3)5-2/h10-11,16-21,23,25-26H,4-9,12-15,22H2,1-3H3. The molecule has 3 rings (SSSR count). The predicted molar refractivity (Wildman–Crippen MR) is 134 cm³/mol. The number of benzene rings is 2. The smallest absolute Gasteiger partial charge is 0.343 e. The maximum Gasteiger partial charge on any atom is 0.343 e. The van der Waals surface area contributed by atoms with Gasteiger partial charge in [0.2, 0.25) is 0 Å². The lowest BCUT2D eigenvalue weighted by Gasteiger charge is -2.30. The molecule has 2 aromatic rings. The third-order valence-electron chi connectivity index (χ3n) is 7.35. The van der Waals surface area contributed by atoms with Gasteiger partial charge in [0, 0.05) is 0 Å². The van der Waals surface area contributed by atoms with Gasteiger partial charge in [-0.25, -0.2) is 4.79 Å². The van der Waals surface area contributed by atoms with E-state index in [9.17, 15) is 4.79 Å². The molecule has 32 heavy (non-hydrogen) atoms. The summed E-state index contributed by atoms with van der Waals surface area (Å²) in [5.74, 6) is 2.77. The zero-order valence-electron chi connectivity index (χ0n) is 20.4. The van der Waals surface area contributed by atoms with Crippen LogP contribution in [0.1, 0.15) is 112 Å². The molecule has 1 saturated carbocycles. The molecule has 0 aliphatic heterocycles. The number of esters is 1. The minimum atomic E-state index is -0.277. The zero-order chi connectivity index (χ0) is 22.8. The normalized spacial score (nSPS) is 19.5. The van der Waals surface area contributed by atoms with E-state index in [1.807, 2.05) is 24.3 Å². The largest absolute Gasteiger partial charge is 0.423 e. The Labute approximate surface area is 195 Å². The Hall–Kier alpha value is -2.09. The number of rotatable bonds is 11. The monoisotopic (exact) mass is 434 g/mol. The number of aryl methyl sites for hydroxylation is 1. The van der Waals surface area contributed by atoms with Gasteiger partial charge in [0.1, 0.15) is 5.75 Å². The van der Waals surface area contributed by atoms with Crippen LogP contribution in [0, 0.1) is 11.8 Å². The van der Waals surface area contributed by atoms with E-state index in [2.05, 4.69) is 45.0 Å². The molecule has 2 aromatic carbocycles. The minimum absolute atomic E-state index is 0.277. The van der Waals surface area contributed by atoms with Gasteiger partial charge in [-0.1, -0.05) is 70.7 Å². The number of unbranched alkanes of at least 4 members (excludes halogenated alkanes) is 3. The van der Waals surface area contributed by atoms with Crippen LogP contribution in [-0.2, 0) is 6.42 Å². The molecule has 0 saturated heterocycles. The van der Waals surface area contributed by atoms with E-state index in [-0.39, 0.29) is 5.97 Å². The molecule has 0 heterocycles. The molecule has 1 fully saturated rings. The molecular formula is C30H42O2. The number of ether oxygens (including phenoxy) is 1. The number of carbonyl (C=O) groups excluding carboxylic acids is 1. The van der Waals surface area contributed by atoms with Crippen LogP contribution in [0.5, 0.6) is 5.75 Å². The van der Waals surface area contributed by atoms with Crippen molar-refractivity contribution in [3.63, 3.8) is 0 Å². The highest BCUT2D eigenvalue weighted by Crippen LogP contribution is 2.38. The lowest BCUT2D eigenvalue weighted by atomic mass is 9.75. The topological polar surface area (TPSA) is 26.3 Å². The van der Waals surface area contributed by atoms with Gasteiger partial charge in [0.25, 0.3) is 0 Å². The second kappa shape index (κ2) is 12.8. The molecule has 0 amide bonds. The predicted octanol–water partition coefficient (Wildman–Crippen LogP) is 8.74. The first-order valence-electron chi connectivity index (χ1n) is 13.0. The van der Waals surface area contributed by atoms with E-state index in [0.29, 0.717) is 17.2 Å². The Balaban J connectivity index is 1.46. The van der Waals surface area contributed by atoms with E-state index in [4.69, 9.17) is 4.74 Å². The summed E-state index contributed by atoms with van der Waals surface area (Å²) in [6.07, 6.45) is 14.1. The molecule has 1 aliphatic carbocycles. The SMILES string of the molecule is CCCCCCc1ccc(C(=O)Oc2ccc(C3CCC(CC(C)CC)CC3)cc2)cc1. The molecule has 0 spiro atoms. The minimum Gasteiger partial charge on any atom is -0.423 e. The van der Waals surface area contributed by atoms with Crippen molar-refractivity contribution in [2.24, 2.45) is 11.8 Å². The first-order chi connectivity index (χ1) is 15.6. The van der Waals surface area contributed by atoms with Crippen LogP contribution >= 0.6 is 0 Å².